The van der Waals surface area contributed by atoms with E-state index in [1.165, 1.54) is 10.6 Å². The Morgan fingerprint density at radius 2 is 1.63 bits per heavy atom. The van der Waals surface area contributed by atoms with Crippen LogP contribution in [-0.4, -0.2) is 159 Å². The summed E-state index contributed by atoms with van der Waals surface area (Å²) in [5.74, 6) is 0.325. The van der Waals surface area contributed by atoms with Gasteiger partial charge in [-0.1, -0.05) is 63.2 Å². The number of nitrogens with zero attached hydrogens (tertiary/aromatic N) is 10. The van der Waals surface area contributed by atoms with E-state index in [1.807, 2.05) is 94.0 Å². The molecule has 4 saturated heterocycles. The Morgan fingerprint density at radius 3 is 2.34 bits per heavy atom. The SMILES string of the molecule is Cc1ncsc1-c1ccc(CNC(=O)[C@@H]2C[C@@H](O)CN2C(=O)C(NC(=O)Cc2ccc(N3CCN(CCOCCCc4cc(N5C6CCC5CN(c5cc(-c7ccccc7O)nnc5N)C6)ccn4)CC3)nc2)C(C)(C)C)cc1. The van der Waals surface area contributed by atoms with Crippen molar-refractivity contribution in [2.75, 3.05) is 86.0 Å². The van der Waals surface area contributed by atoms with Crippen molar-refractivity contribution >= 4 is 52.1 Å². The van der Waals surface area contributed by atoms with E-state index in [2.05, 4.69) is 57.5 Å². The van der Waals surface area contributed by atoms with Crippen LogP contribution in [0.1, 0.15) is 69.0 Å². The van der Waals surface area contributed by atoms with E-state index in [-0.39, 0.29) is 43.5 Å². The van der Waals surface area contributed by atoms with E-state index in [9.17, 15) is 24.6 Å². The van der Waals surface area contributed by atoms with Gasteiger partial charge in [-0.15, -0.1) is 21.5 Å². The van der Waals surface area contributed by atoms with Gasteiger partial charge in [0.05, 0.1) is 46.6 Å². The highest BCUT2D eigenvalue weighted by atomic mass is 32.1. The Hall–Kier alpha value is -7.26. The Morgan fingerprint density at radius 1 is 0.873 bits per heavy atom. The van der Waals surface area contributed by atoms with Gasteiger partial charge < -0.3 is 50.9 Å². The smallest absolute Gasteiger partial charge is 0.246 e. The molecule has 4 aliphatic rings. The Bertz CT molecular complexity index is 3060. The lowest BCUT2D eigenvalue weighted by atomic mass is 9.85. The monoisotopic (exact) mass is 1090 g/mol. The number of carbonyl (C=O) groups excluding carboxylic acids is 3. The van der Waals surface area contributed by atoms with Crippen molar-refractivity contribution in [3.05, 3.63) is 119 Å². The zero-order valence-corrected chi connectivity index (χ0v) is 46.4. The first-order chi connectivity index (χ1) is 38.1. The van der Waals surface area contributed by atoms with E-state index < -0.39 is 29.5 Å². The number of nitrogens with two attached hydrogens (primary N) is 1. The number of piperazine rings is 2. The van der Waals surface area contributed by atoms with Crippen LogP contribution in [0.3, 0.4) is 0 Å². The summed E-state index contributed by atoms with van der Waals surface area (Å²) in [4.78, 5) is 67.2. The van der Waals surface area contributed by atoms with Gasteiger partial charge in [0, 0.05) is 113 Å². The van der Waals surface area contributed by atoms with Crippen LogP contribution in [0.15, 0.2) is 96.8 Å². The highest BCUT2D eigenvalue weighted by Gasteiger charge is 2.45. The molecule has 19 nitrogen and oxygen atoms in total. The fourth-order valence-corrected chi connectivity index (χ4v) is 12.3. The van der Waals surface area contributed by atoms with Gasteiger partial charge in [-0.25, -0.2) is 9.97 Å². The molecule has 0 aliphatic carbocycles. The molecule has 79 heavy (non-hydrogen) atoms. The molecule has 5 atom stereocenters. The number of aromatic hydroxyl groups is 1. The minimum absolute atomic E-state index is 0.00379. The van der Waals surface area contributed by atoms with E-state index in [1.54, 1.807) is 29.7 Å². The molecule has 20 heteroatoms. The molecule has 3 amide bonds. The summed E-state index contributed by atoms with van der Waals surface area (Å²) in [6.07, 6.45) is 6.84. The number of aryl methyl sites for hydroxylation is 2. The normalized spacial score (nSPS) is 19.9. The van der Waals surface area contributed by atoms with E-state index in [0.29, 0.717) is 42.4 Å². The van der Waals surface area contributed by atoms with Crippen LogP contribution < -0.4 is 31.1 Å². The van der Waals surface area contributed by atoms with Crippen LogP contribution in [0.2, 0.25) is 0 Å². The number of hydrogen-bond acceptors (Lipinski definition) is 17. The molecule has 4 fully saturated rings. The summed E-state index contributed by atoms with van der Waals surface area (Å²) >= 11 is 1.58. The number of anilines is 4. The molecule has 416 valence electrons. The molecule has 6 aromatic rings. The maximum atomic E-state index is 14.2. The number of rotatable bonds is 19. The van der Waals surface area contributed by atoms with Gasteiger partial charge in [-0.05, 0) is 91.1 Å². The highest BCUT2D eigenvalue weighted by molar-refractivity contribution is 7.13. The lowest BCUT2D eigenvalue weighted by molar-refractivity contribution is -0.144. The van der Waals surface area contributed by atoms with Crippen molar-refractivity contribution in [3.8, 4) is 27.4 Å². The maximum absolute atomic E-state index is 14.2. The van der Waals surface area contributed by atoms with Gasteiger partial charge in [-0.2, -0.15) is 0 Å². The first kappa shape index (κ1) is 55.1. The summed E-state index contributed by atoms with van der Waals surface area (Å²) in [6, 6.07) is 24.1. The number of pyridine rings is 2. The van der Waals surface area contributed by atoms with Crippen molar-refractivity contribution in [2.45, 2.75) is 103 Å². The molecular formula is C59H73N13O6S. The van der Waals surface area contributed by atoms with Gasteiger partial charge >= 0.3 is 0 Å². The number of phenols is 1. The van der Waals surface area contributed by atoms with Crippen LogP contribution in [0.25, 0.3) is 21.7 Å². The third kappa shape index (κ3) is 13.1. The largest absolute Gasteiger partial charge is 0.507 e. The number of carbonyl (C=O) groups is 3. The average molecular weight is 1090 g/mol. The van der Waals surface area contributed by atoms with Crippen molar-refractivity contribution < 1.29 is 29.3 Å². The number of nitrogen functional groups attached to an aromatic ring is 1. The zero-order chi connectivity index (χ0) is 55.2. The fraction of sp³-hybridized carbons (Fsp3) is 0.458. The summed E-state index contributed by atoms with van der Waals surface area (Å²) in [6.45, 7) is 15.1. The number of hydrogen-bond donors (Lipinski definition) is 5. The minimum Gasteiger partial charge on any atom is -0.507 e. The molecular weight excluding hydrogens is 1020 g/mol. The number of amides is 3. The number of benzene rings is 2. The van der Waals surface area contributed by atoms with Crippen LogP contribution >= 0.6 is 11.3 Å². The first-order valence-corrected chi connectivity index (χ1v) is 28.5. The lowest BCUT2D eigenvalue weighted by Crippen LogP contribution is -2.58. The molecule has 4 aliphatic heterocycles. The second-order valence-electron chi connectivity index (χ2n) is 22.4. The first-order valence-electron chi connectivity index (χ1n) is 27.6. The van der Waals surface area contributed by atoms with Crippen molar-refractivity contribution in [1.29, 1.82) is 0 Å². The number of phenolic OH excluding ortho intramolecular Hbond substituents is 1. The molecule has 0 radical (unpaired) electrons. The van der Waals surface area contributed by atoms with Gasteiger partial charge in [-0.3, -0.25) is 24.3 Å². The summed E-state index contributed by atoms with van der Waals surface area (Å²) in [5, 5.41) is 35.6. The average Bonchev–Trinajstić information content (AvgIpc) is 4.24. The zero-order valence-electron chi connectivity index (χ0n) is 45.6. The van der Waals surface area contributed by atoms with Crippen molar-refractivity contribution in [1.82, 2.24) is 45.6 Å². The van der Waals surface area contributed by atoms with Crippen molar-refractivity contribution in [2.24, 2.45) is 5.41 Å². The van der Waals surface area contributed by atoms with Crippen LogP contribution in [0.4, 0.5) is 23.0 Å². The second-order valence-corrected chi connectivity index (χ2v) is 23.3. The number of likely N-dealkylation sites (tertiary alicyclic amines) is 1. The molecule has 2 aromatic carbocycles. The number of aromatic nitrogens is 5. The van der Waals surface area contributed by atoms with Crippen molar-refractivity contribution in [3.63, 3.8) is 0 Å². The van der Waals surface area contributed by atoms with Gasteiger partial charge in [0.1, 0.15) is 23.7 Å². The molecule has 0 saturated carbocycles. The Kier molecular flexibility index (Phi) is 17.0. The maximum Gasteiger partial charge on any atom is 0.246 e. The summed E-state index contributed by atoms with van der Waals surface area (Å²) in [7, 11) is 0. The Labute approximate surface area is 466 Å². The molecule has 0 spiro atoms. The van der Waals surface area contributed by atoms with E-state index >= 15 is 0 Å². The molecule has 6 N–H and O–H groups in total. The van der Waals surface area contributed by atoms with E-state index in [4.69, 9.17) is 20.4 Å². The molecule has 8 heterocycles. The number of β-amino-alcohol motifs (C(OH)–C–C–N with tert-alkyl or cyclic N) is 1. The number of aliphatic hydroxyl groups excluding tert-OH is 1. The standard InChI is InChI=1S/C59H73N13O6S/c1-38-54(79-37-64-38)41-14-11-39(12-15-41)32-63-57(76)50-30-46(73)36-71(50)58(77)55(59(2,3)4)65-53(75)28-40-13-18-52(62-33-40)69-23-21-68(22-24-69)25-27-78-26-7-8-42-29-43(19-20-61-42)72-44-16-17-45(72)35-70(34-44)49-31-48(66-67-56(49)60)47-9-5-6-10-51(47)74/h5-6,9-15,18-20,29,31,33,37,44-46,50,55,73-74H,7-8,16-17,21-28,30,32,34-36H2,1-4H3,(H2,60,67)(H,63,76)(H,65,75)/t44?,45?,46-,50+,55?/m1/s1. The minimum atomic E-state index is -0.930. The predicted molar refractivity (Wildman–Crippen MR) is 307 cm³/mol. The summed E-state index contributed by atoms with van der Waals surface area (Å²) < 4.78 is 6.12. The number of fused-ring (bicyclic) bond motifs is 2. The Balaban J connectivity index is 0.628. The highest BCUT2D eigenvalue weighted by Crippen LogP contribution is 2.39. The van der Waals surface area contributed by atoms with Gasteiger partial charge in [0.15, 0.2) is 5.82 Å². The topological polar surface area (TPSA) is 232 Å². The van der Waals surface area contributed by atoms with Crippen LogP contribution in [-0.2, 0) is 38.5 Å². The third-order valence-electron chi connectivity index (χ3n) is 15.8. The second kappa shape index (κ2) is 24.4. The molecule has 2 bridgehead atoms. The van der Waals surface area contributed by atoms with Gasteiger partial charge in [0.2, 0.25) is 17.7 Å². The predicted octanol–water partition coefficient (Wildman–Crippen LogP) is 5.63. The molecule has 3 unspecified atom stereocenters. The number of nitrogens with one attached hydrogen (secondary N) is 2. The lowest BCUT2D eigenvalue weighted by Gasteiger charge is -2.43. The molecule has 10 rings (SSSR count). The molecule has 4 aromatic heterocycles. The summed E-state index contributed by atoms with van der Waals surface area (Å²) in [5.41, 5.74) is 15.5. The van der Waals surface area contributed by atoms with Crippen LogP contribution in [0, 0.1) is 12.3 Å². The number of ether oxygens (including phenoxy) is 1. The van der Waals surface area contributed by atoms with Crippen LogP contribution in [0.5, 0.6) is 5.75 Å². The third-order valence-corrected chi connectivity index (χ3v) is 16.7. The number of para-hydroxylation sites is 1. The quantitative estimate of drug-likeness (QED) is 0.0619. The number of aliphatic hydroxyl groups is 1. The van der Waals surface area contributed by atoms with Gasteiger partial charge in [0.25, 0.3) is 0 Å². The number of thiazole rings is 1. The fourth-order valence-electron chi connectivity index (χ4n) is 11.5. The van der Waals surface area contributed by atoms with E-state index in [0.717, 1.165) is 116 Å².